The number of hydrogen-bond donors (Lipinski definition) is 2. The van der Waals surface area contributed by atoms with Crippen LogP contribution < -0.4 is 4.72 Å². The zero-order chi connectivity index (χ0) is 19.2. The Balaban J connectivity index is 2.24. The molecule has 0 fully saturated rings. The van der Waals surface area contributed by atoms with Gasteiger partial charge < -0.3 is 5.11 Å². The molecule has 26 heavy (non-hydrogen) atoms. The van der Waals surface area contributed by atoms with Crippen LogP contribution in [0.3, 0.4) is 0 Å². The van der Waals surface area contributed by atoms with Gasteiger partial charge in [0, 0.05) is 18.7 Å². The first-order chi connectivity index (χ1) is 12.3. The summed E-state index contributed by atoms with van der Waals surface area (Å²) in [6, 6.07) is 11.8. The van der Waals surface area contributed by atoms with E-state index in [0.29, 0.717) is 12.1 Å². The largest absolute Gasteiger partial charge is 0.481 e. The quantitative estimate of drug-likeness (QED) is 0.730. The number of aromatic nitrogens is 1. The summed E-state index contributed by atoms with van der Waals surface area (Å²) in [7, 11) is -3.93. The smallest absolute Gasteiger partial charge is 0.303 e. The highest BCUT2D eigenvalue weighted by Crippen LogP contribution is 2.15. The summed E-state index contributed by atoms with van der Waals surface area (Å²) in [4.78, 5) is 14.7. The number of nitrogens with one attached hydrogen (secondary N) is 1. The van der Waals surface area contributed by atoms with E-state index >= 15 is 0 Å². The van der Waals surface area contributed by atoms with E-state index in [9.17, 15) is 13.2 Å². The van der Waals surface area contributed by atoms with Crippen LogP contribution in [0, 0.1) is 18.3 Å². The van der Waals surface area contributed by atoms with E-state index in [1.165, 1.54) is 12.3 Å². The zero-order valence-corrected chi connectivity index (χ0v) is 15.0. The number of hydrogen-bond acceptors (Lipinski definition) is 5. The Labute approximate surface area is 152 Å². The van der Waals surface area contributed by atoms with E-state index in [4.69, 9.17) is 10.4 Å². The third kappa shape index (κ3) is 5.37. The number of benzene rings is 1. The Kier molecular flexibility index (Phi) is 6.44. The Morgan fingerprint density at radius 2 is 2.04 bits per heavy atom. The van der Waals surface area contributed by atoms with Crippen LogP contribution >= 0.6 is 0 Å². The third-order valence-corrected chi connectivity index (χ3v) is 5.33. The van der Waals surface area contributed by atoms with Gasteiger partial charge in [-0.15, -0.1) is 0 Å². The van der Waals surface area contributed by atoms with Crippen LogP contribution in [0.25, 0.3) is 0 Å². The molecule has 2 rings (SSSR count). The van der Waals surface area contributed by atoms with Gasteiger partial charge in [0.05, 0.1) is 11.3 Å². The highest BCUT2D eigenvalue weighted by atomic mass is 32.2. The molecule has 0 radical (unpaired) electrons. The molecule has 136 valence electrons. The normalized spacial score (nSPS) is 12.3. The van der Waals surface area contributed by atoms with Gasteiger partial charge in [0.25, 0.3) is 0 Å². The van der Waals surface area contributed by atoms with E-state index in [0.717, 1.165) is 5.56 Å². The summed E-state index contributed by atoms with van der Waals surface area (Å²) in [5, 5.41) is 18.0. The van der Waals surface area contributed by atoms with E-state index < -0.39 is 22.0 Å². The Morgan fingerprint density at radius 1 is 1.35 bits per heavy atom. The van der Waals surface area contributed by atoms with Crippen LogP contribution in [0.4, 0.5) is 0 Å². The molecule has 1 aromatic carbocycles. The first-order valence-electron chi connectivity index (χ1n) is 7.96. The molecule has 2 N–H and O–H groups in total. The molecule has 0 saturated heterocycles. The van der Waals surface area contributed by atoms with E-state index in [1.807, 2.05) is 36.4 Å². The van der Waals surface area contributed by atoms with Crippen molar-refractivity contribution in [2.45, 2.75) is 37.1 Å². The molecule has 7 nitrogen and oxygen atoms in total. The standard InChI is InChI=1S/C18H19N3O4S/c1-13-15(11-19)10-17(12-20-13)26(24,25)21-16(7-8-18(22)23)9-14-5-3-2-4-6-14/h2-6,10,12,16,21H,7-9H2,1H3,(H,22,23). The molecule has 1 atom stereocenters. The van der Waals surface area contributed by atoms with Gasteiger partial charge in [0.2, 0.25) is 10.0 Å². The van der Waals surface area contributed by atoms with Gasteiger partial charge in [-0.25, -0.2) is 13.1 Å². The SMILES string of the molecule is Cc1ncc(S(=O)(=O)NC(CCC(=O)O)Cc2ccccc2)cc1C#N. The van der Waals surface area contributed by atoms with Gasteiger partial charge in [-0.3, -0.25) is 9.78 Å². The molecule has 1 heterocycles. The number of carboxylic acids is 1. The second kappa shape index (κ2) is 8.56. The highest BCUT2D eigenvalue weighted by molar-refractivity contribution is 7.89. The summed E-state index contributed by atoms with van der Waals surface area (Å²) >= 11 is 0. The fourth-order valence-electron chi connectivity index (χ4n) is 2.46. The Morgan fingerprint density at radius 3 is 2.65 bits per heavy atom. The highest BCUT2D eigenvalue weighted by Gasteiger charge is 2.22. The zero-order valence-electron chi connectivity index (χ0n) is 14.2. The van der Waals surface area contributed by atoms with Gasteiger partial charge in [-0.2, -0.15) is 5.26 Å². The van der Waals surface area contributed by atoms with E-state index in [1.54, 1.807) is 6.92 Å². The molecule has 1 unspecified atom stereocenters. The van der Waals surface area contributed by atoms with E-state index in [-0.39, 0.29) is 23.3 Å². The van der Waals surface area contributed by atoms with Crippen molar-refractivity contribution < 1.29 is 18.3 Å². The molecular formula is C18H19N3O4S. The second-order valence-corrected chi connectivity index (χ2v) is 7.57. The number of aliphatic carboxylic acids is 1. The molecule has 0 spiro atoms. The average Bonchev–Trinajstić information content (AvgIpc) is 2.60. The van der Waals surface area contributed by atoms with Crippen molar-refractivity contribution >= 4 is 16.0 Å². The predicted molar refractivity (Wildman–Crippen MR) is 94.8 cm³/mol. The third-order valence-electron chi connectivity index (χ3n) is 3.85. The second-order valence-electron chi connectivity index (χ2n) is 5.86. The van der Waals surface area contributed by atoms with Gasteiger partial charge >= 0.3 is 5.97 Å². The van der Waals surface area contributed by atoms with Crippen LogP contribution in [0.1, 0.15) is 29.7 Å². The summed E-state index contributed by atoms with van der Waals surface area (Å²) in [5.74, 6) is -0.994. The fraction of sp³-hybridized carbons (Fsp3) is 0.278. The minimum atomic E-state index is -3.93. The number of aryl methyl sites for hydroxylation is 1. The molecule has 0 aliphatic rings. The van der Waals surface area contributed by atoms with Crippen LogP contribution in [0.15, 0.2) is 47.5 Å². The average molecular weight is 373 g/mol. The van der Waals surface area contributed by atoms with Crippen molar-refractivity contribution in [2.75, 3.05) is 0 Å². The van der Waals surface area contributed by atoms with Gasteiger partial charge in [0.15, 0.2) is 0 Å². The van der Waals surface area contributed by atoms with Crippen LogP contribution in [0.2, 0.25) is 0 Å². The molecule has 0 aliphatic carbocycles. The monoisotopic (exact) mass is 373 g/mol. The molecule has 0 saturated carbocycles. The van der Waals surface area contributed by atoms with Crippen LogP contribution in [0.5, 0.6) is 0 Å². The van der Waals surface area contributed by atoms with Crippen molar-refractivity contribution in [1.82, 2.24) is 9.71 Å². The number of pyridine rings is 1. The topological polar surface area (TPSA) is 120 Å². The lowest BCUT2D eigenvalue weighted by molar-refractivity contribution is -0.137. The molecule has 1 aromatic heterocycles. The van der Waals surface area contributed by atoms with Gasteiger partial charge in [-0.1, -0.05) is 30.3 Å². The number of carboxylic acid groups (broad SMARTS) is 1. The minimum Gasteiger partial charge on any atom is -0.481 e. The number of carbonyl (C=O) groups is 1. The number of nitrogens with zero attached hydrogens (tertiary/aromatic N) is 2. The first kappa shape index (κ1) is 19.6. The van der Waals surface area contributed by atoms with Crippen molar-refractivity contribution in [3.63, 3.8) is 0 Å². The maximum Gasteiger partial charge on any atom is 0.303 e. The van der Waals surface area contributed by atoms with Crippen molar-refractivity contribution in [2.24, 2.45) is 0 Å². The lowest BCUT2D eigenvalue weighted by Crippen LogP contribution is -2.37. The summed E-state index contributed by atoms with van der Waals surface area (Å²) < 4.78 is 27.8. The summed E-state index contributed by atoms with van der Waals surface area (Å²) in [6.07, 6.45) is 1.54. The fourth-order valence-corrected chi connectivity index (χ4v) is 3.70. The first-order valence-corrected chi connectivity index (χ1v) is 9.45. The van der Waals surface area contributed by atoms with Crippen molar-refractivity contribution in [3.8, 4) is 6.07 Å². The maximum atomic E-state index is 12.6. The molecule has 8 heteroatoms. The Bertz CT molecular complexity index is 921. The number of nitriles is 1. The van der Waals surface area contributed by atoms with E-state index in [2.05, 4.69) is 9.71 Å². The van der Waals surface area contributed by atoms with Gasteiger partial charge in [-0.05, 0) is 31.4 Å². The predicted octanol–water partition coefficient (Wildman–Crippen LogP) is 2.02. The van der Waals surface area contributed by atoms with Gasteiger partial charge in [0.1, 0.15) is 11.0 Å². The minimum absolute atomic E-state index is 0.118. The number of rotatable bonds is 8. The molecule has 0 bridgehead atoms. The number of sulfonamides is 1. The summed E-state index contributed by atoms with van der Waals surface area (Å²) in [5.41, 5.74) is 1.52. The lowest BCUT2D eigenvalue weighted by atomic mass is 10.0. The molecule has 2 aromatic rings. The van der Waals surface area contributed by atoms with Crippen molar-refractivity contribution in [1.29, 1.82) is 5.26 Å². The molecule has 0 aliphatic heterocycles. The lowest BCUT2D eigenvalue weighted by Gasteiger charge is -2.18. The molecule has 0 amide bonds. The van der Waals surface area contributed by atoms with Crippen LogP contribution in [-0.2, 0) is 21.2 Å². The maximum absolute atomic E-state index is 12.6. The van der Waals surface area contributed by atoms with Crippen molar-refractivity contribution in [3.05, 3.63) is 59.4 Å². The molecular weight excluding hydrogens is 354 g/mol. The Hall–Kier alpha value is -2.76. The van der Waals surface area contributed by atoms with Crippen LogP contribution in [-0.4, -0.2) is 30.5 Å². The summed E-state index contributed by atoms with van der Waals surface area (Å²) in [6.45, 7) is 1.62.